The Morgan fingerprint density at radius 3 is 2.79 bits per heavy atom. The molecule has 0 aliphatic heterocycles. The summed E-state index contributed by atoms with van der Waals surface area (Å²) in [4.78, 5) is 27.7. The number of para-hydroxylation sites is 1. The molecule has 2 rings (SSSR count). The topological polar surface area (TPSA) is 78.0 Å². The minimum absolute atomic E-state index is 0.0799. The van der Waals surface area contributed by atoms with Crippen molar-refractivity contribution in [2.45, 2.75) is 25.3 Å². The molecule has 0 radical (unpaired) electrons. The predicted octanol–water partition coefficient (Wildman–Crippen LogP) is 1.57. The minimum atomic E-state index is -0.465. The predicted molar refractivity (Wildman–Crippen MR) is 74.1 cm³/mol. The van der Waals surface area contributed by atoms with Gasteiger partial charge in [-0.3, -0.25) is 14.2 Å². The third-order valence-corrected chi connectivity index (χ3v) is 3.02. The number of benzene rings is 1. The van der Waals surface area contributed by atoms with E-state index in [9.17, 15) is 9.59 Å². The van der Waals surface area contributed by atoms with Crippen molar-refractivity contribution in [2.24, 2.45) is 5.73 Å². The van der Waals surface area contributed by atoms with Gasteiger partial charge in [-0.25, -0.2) is 4.98 Å². The molecule has 0 saturated carbocycles. The van der Waals surface area contributed by atoms with Crippen molar-refractivity contribution < 1.29 is 4.79 Å². The van der Waals surface area contributed by atoms with E-state index in [2.05, 4.69) is 4.98 Å². The van der Waals surface area contributed by atoms with E-state index >= 15 is 0 Å². The fourth-order valence-electron chi connectivity index (χ4n) is 1.93. The number of fused-ring (bicyclic) bond motifs is 1. The second-order valence-corrected chi connectivity index (χ2v) is 4.93. The fourth-order valence-corrected chi connectivity index (χ4v) is 2.09. The van der Waals surface area contributed by atoms with E-state index < -0.39 is 11.3 Å². The molecule has 0 saturated heterocycles. The summed E-state index contributed by atoms with van der Waals surface area (Å²) in [6.07, 6.45) is 0.0799. The molecule has 2 aromatic rings. The van der Waals surface area contributed by atoms with Gasteiger partial charge in [0.2, 0.25) is 5.91 Å². The maximum atomic E-state index is 12.4. The zero-order valence-corrected chi connectivity index (χ0v) is 11.2. The molecule has 1 atom stereocenters. The van der Waals surface area contributed by atoms with Crippen LogP contribution in [0.25, 0.3) is 10.9 Å². The van der Waals surface area contributed by atoms with Gasteiger partial charge in [-0.05, 0) is 19.1 Å². The number of halogens is 1. The maximum Gasteiger partial charge on any atom is 0.261 e. The van der Waals surface area contributed by atoms with Crippen LogP contribution in [0.3, 0.4) is 0 Å². The van der Waals surface area contributed by atoms with Crippen LogP contribution in [0, 0.1) is 0 Å². The van der Waals surface area contributed by atoms with Gasteiger partial charge in [0.1, 0.15) is 5.82 Å². The summed E-state index contributed by atoms with van der Waals surface area (Å²) >= 11 is 6.06. The highest BCUT2D eigenvalue weighted by molar-refractivity contribution is 6.20. The Bertz CT molecular complexity index is 679. The number of carbonyl (C=O) groups excluding carboxylic acids is 1. The molecule has 6 heteroatoms. The van der Waals surface area contributed by atoms with E-state index in [4.69, 9.17) is 17.3 Å². The SMILES string of the molecule is CC(Cl)c1nc2ccccc2c(=O)n1CCC(N)=O. The number of primary amides is 1. The quantitative estimate of drug-likeness (QED) is 0.863. The molecule has 1 heterocycles. The average molecular weight is 280 g/mol. The molecular formula is C13H14ClN3O2. The third kappa shape index (κ3) is 2.76. The van der Waals surface area contributed by atoms with Crippen LogP contribution in [0.2, 0.25) is 0 Å². The lowest BCUT2D eigenvalue weighted by atomic mass is 10.2. The molecule has 1 aromatic carbocycles. The zero-order chi connectivity index (χ0) is 14.0. The van der Waals surface area contributed by atoms with Gasteiger partial charge in [-0.2, -0.15) is 0 Å². The van der Waals surface area contributed by atoms with Gasteiger partial charge in [0.25, 0.3) is 5.56 Å². The number of aromatic nitrogens is 2. The van der Waals surface area contributed by atoms with E-state index in [-0.39, 0.29) is 18.5 Å². The van der Waals surface area contributed by atoms with Gasteiger partial charge >= 0.3 is 0 Å². The van der Waals surface area contributed by atoms with Crippen LogP contribution < -0.4 is 11.3 Å². The van der Waals surface area contributed by atoms with Crippen molar-refractivity contribution in [3.8, 4) is 0 Å². The molecule has 0 bridgehead atoms. The van der Waals surface area contributed by atoms with Gasteiger partial charge < -0.3 is 5.73 Å². The number of hydrogen-bond acceptors (Lipinski definition) is 3. The van der Waals surface area contributed by atoms with Crippen LogP contribution in [0.5, 0.6) is 0 Å². The van der Waals surface area contributed by atoms with Gasteiger partial charge in [-0.1, -0.05) is 12.1 Å². The Hall–Kier alpha value is -1.88. The van der Waals surface area contributed by atoms with Crippen LogP contribution >= 0.6 is 11.6 Å². The fraction of sp³-hybridized carbons (Fsp3) is 0.308. The van der Waals surface area contributed by atoms with Gasteiger partial charge in [-0.15, -0.1) is 11.6 Å². The van der Waals surface area contributed by atoms with Gasteiger partial charge in [0, 0.05) is 13.0 Å². The summed E-state index contributed by atoms with van der Waals surface area (Å²) in [5, 5.41) is 0.0817. The first kappa shape index (κ1) is 13.5. The molecule has 1 amide bonds. The molecule has 0 aliphatic rings. The highest BCUT2D eigenvalue weighted by Crippen LogP contribution is 2.18. The number of amides is 1. The molecule has 19 heavy (non-hydrogen) atoms. The van der Waals surface area contributed by atoms with Crippen molar-refractivity contribution >= 4 is 28.4 Å². The Morgan fingerprint density at radius 1 is 1.47 bits per heavy atom. The van der Waals surface area contributed by atoms with Gasteiger partial charge in [0.05, 0.1) is 16.3 Å². The summed E-state index contributed by atoms with van der Waals surface area (Å²) < 4.78 is 1.42. The Labute approximate surface area is 115 Å². The van der Waals surface area contributed by atoms with Crippen molar-refractivity contribution in [1.82, 2.24) is 9.55 Å². The molecule has 0 fully saturated rings. The van der Waals surface area contributed by atoms with E-state index in [1.807, 2.05) is 6.07 Å². The smallest absolute Gasteiger partial charge is 0.261 e. The lowest BCUT2D eigenvalue weighted by Gasteiger charge is -2.14. The summed E-state index contributed by atoms with van der Waals surface area (Å²) in [7, 11) is 0. The van der Waals surface area contributed by atoms with Crippen molar-refractivity contribution in [2.75, 3.05) is 0 Å². The molecule has 2 N–H and O–H groups in total. The Balaban J connectivity index is 2.64. The third-order valence-electron chi connectivity index (χ3n) is 2.83. The number of nitrogens with zero attached hydrogens (tertiary/aromatic N) is 2. The largest absolute Gasteiger partial charge is 0.370 e. The number of carbonyl (C=O) groups is 1. The molecule has 100 valence electrons. The van der Waals surface area contributed by atoms with Crippen molar-refractivity contribution in [3.05, 3.63) is 40.4 Å². The first-order valence-electron chi connectivity index (χ1n) is 5.92. The second kappa shape index (κ2) is 5.40. The monoisotopic (exact) mass is 279 g/mol. The number of alkyl halides is 1. The van der Waals surface area contributed by atoms with Crippen molar-refractivity contribution in [3.63, 3.8) is 0 Å². The molecule has 0 spiro atoms. The molecular weight excluding hydrogens is 266 g/mol. The minimum Gasteiger partial charge on any atom is -0.370 e. The second-order valence-electron chi connectivity index (χ2n) is 4.28. The van der Waals surface area contributed by atoms with Crippen LogP contribution in [-0.4, -0.2) is 15.5 Å². The standard InChI is InChI=1S/C13H14ClN3O2/c1-8(14)12-16-10-5-3-2-4-9(10)13(19)17(12)7-6-11(15)18/h2-5,8H,6-7H2,1H3,(H2,15,18). The highest BCUT2D eigenvalue weighted by atomic mass is 35.5. The summed E-state index contributed by atoms with van der Waals surface area (Å²) in [5.74, 6) is -0.0140. The Morgan fingerprint density at radius 2 is 2.16 bits per heavy atom. The first-order chi connectivity index (χ1) is 9.00. The van der Waals surface area contributed by atoms with Crippen LogP contribution in [0.1, 0.15) is 24.5 Å². The Kier molecular flexibility index (Phi) is 3.85. The molecule has 0 aliphatic carbocycles. The van der Waals surface area contributed by atoms with Crippen molar-refractivity contribution in [1.29, 1.82) is 0 Å². The van der Waals surface area contributed by atoms with Crippen LogP contribution in [-0.2, 0) is 11.3 Å². The lowest BCUT2D eigenvalue weighted by molar-refractivity contribution is -0.118. The van der Waals surface area contributed by atoms with Crippen LogP contribution in [0.4, 0.5) is 0 Å². The zero-order valence-electron chi connectivity index (χ0n) is 10.5. The van der Waals surface area contributed by atoms with E-state index in [1.165, 1.54) is 4.57 Å². The average Bonchev–Trinajstić information content (AvgIpc) is 2.37. The summed E-state index contributed by atoms with van der Waals surface area (Å²) in [6.45, 7) is 1.93. The van der Waals surface area contributed by atoms with E-state index in [1.54, 1.807) is 25.1 Å². The number of hydrogen-bond donors (Lipinski definition) is 1. The normalized spacial score (nSPS) is 12.5. The van der Waals surface area contributed by atoms with E-state index in [0.717, 1.165) is 0 Å². The first-order valence-corrected chi connectivity index (χ1v) is 6.36. The van der Waals surface area contributed by atoms with E-state index in [0.29, 0.717) is 16.7 Å². The summed E-state index contributed by atoms with van der Waals surface area (Å²) in [5.41, 5.74) is 5.52. The highest BCUT2D eigenvalue weighted by Gasteiger charge is 2.14. The van der Waals surface area contributed by atoms with Gasteiger partial charge in [0.15, 0.2) is 0 Å². The maximum absolute atomic E-state index is 12.4. The molecule has 1 unspecified atom stereocenters. The number of nitrogens with two attached hydrogens (primary N) is 1. The van der Waals surface area contributed by atoms with Crippen LogP contribution in [0.15, 0.2) is 29.1 Å². The lowest BCUT2D eigenvalue weighted by Crippen LogP contribution is -2.28. The molecule has 5 nitrogen and oxygen atoms in total. The molecule has 1 aromatic heterocycles. The summed E-state index contributed by atoms with van der Waals surface area (Å²) in [6, 6.07) is 7.05. The number of rotatable bonds is 4.